The lowest BCUT2D eigenvalue weighted by molar-refractivity contribution is 0.335. The maximum absolute atomic E-state index is 5.63. The maximum Gasteiger partial charge on any atom is 0.147 e. The van der Waals surface area contributed by atoms with E-state index in [2.05, 4.69) is 49.3 Å². The average molecular weight is 456 g/mol. The van der Waals surface area contributed by atoms with E-state index in [1.807, 2.05) is 6.92 Å². The summed E-state index contributed by atoms with van der Waals surface area (Å²) in [5, 5.41) is 3.73. The van der Waals surface area contributed by atoms with Crippen LogP contribution >= 0.6 is 44.3 Å². The number of halogens is 3. The van der Waals surface area contributed by atoms with Crippen molar-refractivity contribution in [2.24, 2.45) is 0 Å². The van der Waals surface area contributed by atoms with E-state index in [1.54, 1.807) is 0 Å². The van der Waals surface area contributed by atoms with Crippen LogP contribution in [0.3, 0.4) is 0 Å². The molecule has 0 heterocycles. The van der Waals surface area contributed by atoms with E-state index >= 15 is 0 Å². The molecule has 2 nitrogen and oxygen atoms in total. The summed E-state index contributed by atoms with van der Waals surface area (Å²) in [6, 6.07) is 4.99. The molecule has 1 saturated carbocycles. The zero-order valence-electron chi connectivity index (χ0n) is 13.2. The van der Waals surface area contributed by atoms with Crippen molar-refractivity contribution < 1.29 is 4.74 Å². The van der Waals surface area contributed by atoms with Crippen molar-refractivity contribution in [3.63, 3.8) is 0 Å². The minimum absolute atomic E-state index is 0. The van der Waals surface area contributed by atoms with Crippen LogP contribution in [-0.4, -0.2) is 12.6 Å². The lowest BCUT2D eigenvalue weighted by Gasteiger charge is -2.21. The van der Waals surface area contributed by atoms with Gasteiger partial charge in [0.2, 0.25) is 0 Å². The molecule has 1 N–H and O–H groups in total. The third-order valence-electron chi connectivity index (χ3n) is 4.05. The Bertz CT molecular complexity index is 425. The minimum atomic E-state index is 0. The van der Waals surface area contributed by atoms with Gasteiger partial charge in [-0.15, -0.1) is 12.4 Å². The topological polar surface area (TPSA) is 21.3 Å². The van der Waals surface area contributed by atoms with Crippen LogP contribution in [0.1, 0.15) is 57.4 Å². The van der Waals surface area contributed by atoms with Crippen molar-refractivity contribution in [3.05, 3.63) is 26.6 Å². The van der Waals surface area contributed by atoms with Crippen molar-refractivity contribution >= 4 is 44.3 Å². The molecule has 1 aromatic rings. The standard InChI is InChI=1S/C17H25Br2NO.ClH/c1-2-21-17-15(18)10-13(11-16(17)19)12-20-14-8-6-4-3-5-7-9-14;/h10-11,14,20H,2-9,12H2,1H3;1H. The largest absolute Gasteiger partial charge is 0.492 e. The first-order valence-corrected chi connectivity index (χ1v) is 9.63. The highest BCUT2D eigenvalue weighted by Gasteiger charge is 2.12. The van der Waals surface area contributed by atoms with Crippen LogP contribution in [0.5, 0.6) is 5.75 Å². The highest BCUT2D eigenvalue weighted by Crippen LogP contribution is 2.34. The second kappa shape index (κ2) is 10.9. The van der Waals surface area contributed by atoms with E-state index in [4.69, 9.17) is 4.74 Å². The number of rotatable bonds is 5. The van der Waals surface area contributed by atoms with Gasteiger partial charge < -0.3 is 10.1 Å². The van der Waals surface area contributed by atoms with Gasteiger partial charge in [-0.25, -0.2) is 0 Å². The molecule has 1 fully saturated rings. The molecule has 0 aliphatic heterocycles. The van der Waals surface area contributed by atoms with Crippen LogP contribution < -0.4 is 10.1 Å². The van der Waals surface area contributed by atoms with E-state index in [0.717, 1.165) is 21.2 Å². The average Bonchev–Trinajstić information content (AvgIpc) is 2.41. The molecule has 0 unspecified atom stereocenters. The second-order valence-electron chi connectivity index (χ2n) is 5.74. The van der Waals surface area contributed by atoms with E-state index in [-0.39, 0.29) is 12.4 Å². The Morgan fingerprint density at radius 3 is 2.14 bits per heavy atom. The Balaban J connectivity index is 0.00000242. The van der Waals surface area contributed by atoms with Gasteiger partial charge >= 0.3 is 0 Å². The van der Waals surface area contributed by atoms with E-state index in [1.165, 1.54) is 50.5 Å². The summed E-state index contributed by atoms with van der Waals surface area (Å²) in [5.41, 5.74) is 1.29. The molecule has 1 aliphatic carbocycles. The zero-order valence-corrected chi connectivity index (χ0v) is 17.2. The third-order valence-corrected chi connectivity index (χ3v) is 5.22. The monoisotopic (exact) mass is 453 g/mol. The van der Waals surface area contributed by atoms with Crippen molar-refractivity contribution in [2.75, 3.05) is 6.61 Å². The first-order valence-electron chi connectivity index (χ1n) is 8.04. The van der Waals surface area contributed by atoms with Gasteiger partial charge in [-0.05, 0) is 69.3 Å². The van der Waals surface area contributed by atoms with Crippen LogP contribution in [0.15, 0.2) is 21.1 Å². The summed E-state index contributed by atoms with van der Waals surface area (Å²) in [6.45, 7) is 3.61. The molecule has 0 bridgehead atoms. The molecular weight excluding hydrogens is 429 g/mol. The zero-order chi connectivity index (χ0) is 15.1. The number of nitrogens with one attached hydrogen (secondary N) is 1. The van der Waals surface area contributed by atoms with Gasteiger partial charge in [0.1, 0.15) is 5.75 Å². The smallest absolute Gasteiger partial charge is 0.147 e. The van der Waals surface area contributed by atoms with Gasteiger partial charge in [-0.2, -0.15) is 0 Å². The summed E-state index contributed by atoms with van der Waals surface area (Å²) in [5.74, 6) is 0.896. The molecule has 5 heteroatoms. The third kappa shape index (κ3) is 6.38. The Kier molecular flexibility index (Phi) is 10.0. The Morgan fingerprint density at radius 2 is 1.59 bits per heavy atom. The summed E-state index contributed by atoms with van der Waals surface area (Å²) in [6.07, 6.45) is 9.60. The molecule has 0 amide bonds. The SMILES string of the molecule is CCOc1c(Br)cc(CNC2CCCCCCC2)cc1Br.Cl. The fourth-order valence-electron chi connectivity index (χ4n) is 2.92. The molecule has 1 aromatic carbocycles. The molecule has 2 rings (SSSR count). The van der Waals surface area contributed by atoms with Crippen LogP contribution in [0.25, 0.3) is 0 Å². The van der Waals surface area contributed by atoms with Gasteiger partial charge in [0.25, 0.3) is 0 Å². The van der Waals surface area contributed by atoms with Gasteiger partial charge in [0.15, 0.2) is 0 Å². The van der Waals surface area contributed by atoms with Crippen molar-refractivity contribution in [2.45, 2.75) is 64.5 Å². The van der Waals surface area contributed by atoms with Crippen LogP contribution in [0.4, 0.5) is 0 Å². The lowest BCUT2D eigenvalue weighted by Crippen LogP contribution is -2.29. The Hall–Kier alpha value is 0.230. The van der Waals surface area contributed by atoms with Crippen molar-refractivity contribution in [1.82, 2.24) is 5.32 Å². The number of hydrogen-bond donors (Lipinski definition) is 1. The molecule has 0 spiro atoms. The summed E-state index contributed by atoms with van der Waals surface area (Å²) < 4.78 is 7.68. The summed E-state index contributed by atoms with van der Waals surface area (Å²) >= 11 is 7.21. The lowest BCUT2D eigenvalue weighted by atomic mass is 9.96. The highest BCUT2D eigenvalue weighted by atomic mass is 79.9. The fourth-order valence-corrected chi connectivity index (χ4v) is 4.43. The normalized spacial score (nSPS) is 16.5. The predicted octanol–water partition coefficient (Wildman–Crippen LogP) is 6.23. The van der Waals surface area contributed by atoms with Crippen LogP contribution in [-0.2, 0) is 6.54 Å². The Labute approximate surface area is 157 Å². The van der Waals surface area contributed by atoms with Gasteiger partial charge in [0.05, 0.1) is 15.6 Å². The fraction of sp³-hybridized carbons (Fsp3) is 0.647. The second-order valence-corrected chi connectivity index (χ2v) is 7.45. The number of benzene rings is 1. The molecular formula is C17H26Br2ClNO. The first-order chi connectivity index (χ1) is 10.2. The molecule has 0 radical (unpaired) electrons. The van der Waals surface area contributed by atoms with Gasteiger partial charge in [-0.3, -0.25) is 0 Å². The summed E-state index contributed by atoms with van der Waals surface area (Å²) in [7, 11) is 0. The van der Waals surface area contributed by atoms with Crippen LogP contribution in [0.2, 0.25) is 0 Å². The maximum atomic E-state index is 5.63. The van der Waals surface area contributed by atoms with E-state index in [0.29, 0.717) is 12.6 Å². The van der Waals surface area contributed by atoms with Crippen molar-refractivity contribution in [3.8, 4) is 5.75 Å². The van der Waals surface area contributed by atoms with Gasteiger partial charge in [-0.1, -0.05) is 32.1 Å². The quantitative estimate of drug-likeness (QED) is 0.568. The molecule has 0 saturated heterocycles. The van der Waals surface area contributed by atoms with Crippen molar-refractivity contribution in [1.29, 1.82) is 0 Å². The molecule has 0 aromatic heterocycles. The molecule has 22 heavy (non-hydrogen) atoms. The van der Waals surface area contributed by atoms with E-state index in [9.17, 15) is 0 Å². The minimum Gasteiger partial charge on any atom is -0.492 e. The van der Waals surface area contributed by atoms with E-state index < -0.39 is 0 Å². The number of hydrogen-bond acceptors (Lipinski definition) is 2. The molecule has 0 atom stereocenters. The predicted molar refractivity (Wildman–Crippen MR) is 103 cm³/mol. The van der Waals surface area contributed by atoms with Crippen LogP contribution in [0, 0.1) is 0 Å². The number of ether oxygens (including phenoxy) is 1. The van der Waals surface area contributed by atoms with Gasteiger partial charge in [0, 0.05) is 12.6 Å². The Morgan fingerprint density at radius 1 is 1.05 bits per heavy atom. The first kappa shape index (κ1) is 20.3. The summed E-state index contributed by atoms with van der Waals surface area (Å²) in [4.78, 5) is 0. The molecule has 1 aliphatic rings. The molecule has 126 valence electrons. The highest BCUT2D eigenvalue weighted by molar-refractivity contribution is 9.11.